The van der Waals surface area contributed by atoms with E-state index >= 15 is 0 Å². The molecule has 2 aliphatic rings. The highest BCUT2D eigenvalue weighted by Crippen LogP contribution is 2.42. The van der Waals surface area contributed by atoms with E-state index in [1.165, 1.54) is 0 Å². The van der Waals surface area contributed by atoms with Crippen LogP contribution in [0.1, 0.15) is 35.4 Å². The second kappa shape index (κ2) is 10.3. The molecule has 5 rings (SSSR count). The Hall–Kier alpha value is -2.86. The van der Waals surface area contributed by atoms with Gasteiger partial charge in [-0.15, -0.1) is 0 Å². The smallest absolute Gasteiger partial charge is 0.249 e. The van der Waals surface area contributed by atoms with Crippen molar-refractivity contribution in [1.29, 1.82) is 0 Å². The number of aliphatic hydroxyl groups excluding tert-OH is 1. The highest BCUT2D eigenvalue weighted by molar-refractivity contribution is 7.89. The van der Waals surface area contributed by atoms with Crippen molar-refractivity contribution in [3.8, 4) is 11.1 Å². The molecule has 0 unspecified atom stereocenters. The normalized spacial score (nSPS) is 22.6. The molecule has 2 aliphatic heterocycles. The molecule has 3 aromatic rings. The Morgan fingerprint density at radius 2 is 1.41 bits per heavy atom. The summed E-state index contributed by atoms with van der Waals surface area (Å²) in [6.07, 6.45) is -0.173. The lowest BCUT2D eigenvalue weighted by molar-refractivity contribution is -0.148. The van der Waals surface area contributed by atoms with Gasteiger partial charge in [0, 0.05) is 31.6 Å². The van der Waals surface area contributed by atoms with E-state index in [1.807, 2.05) is 56.3 Å². The van der Waals surface area contributed by atoms with E-state index < -0.39 is 62.2 Å². The number of hydrogen-bond donors (Lipinski definition) is 1. The molecule has 11 heteroatoms. The molecule has 5 nitrogen and oxygen atoms in total. The fourth-order valence-electron chi connectivity index (χ4n) is 5.61. The lowest BCUT2D eigenvalue weighted by Crippen LogP contribution is -2.66. The molecule has 0 amide bonds. The Kier molecular flexibility index (Phi) is 7.30. The molecule has 0 spiro atoms. The highest BCUT2D eigenvalue weighted by Gasteiger charge is 2.50. The van der Waals surface area contributed by atoms with Crippen LogP contribution in [0.3, 0.4) is 0 Å². The fraction of sp³-hybridized carbons (Fsp3) is 0.357. The molecule has 0 bridgehead atoms. The van der Waals surface area contributed by atoms with E-state index in [1.54, 1.807) is 4.90 Å². The zero-order valence-electron chi connectivity index (χ0n) is 21.3. The minimum Gasteiger partial charge on any atom is -0.378 e. The van der Waals surface area contributed by atoms with Crippen LogP contribution in [0, 0.1) is 42.9 Å². The van der Waals surface area contributed by atoms with Gasteiger partial charge in [0.1, 0.15) is 6.23 Å². The third-order valence-corrected chi connectivity index (χ3v) is 9.83. The number of halogens is 5. The quantitative estimate of drug-likeness (QED) is 0.267. The number of hydrogen-bond acceptors (Lipinski definition) is 4. The SMILES string of the molecule is Cc1cccc(-c2ccc([C@@H]3[C@@H](O)N4CCCCN(S(=O)(=O)c5c(F)c(F)c(F)c(F)c5F)C[C@@H]34)cc2)c1C. The second-order valence-corrected chi connectivity index (χ2v) is 12.0. The Morgan fingerprint density at radius 3 is 2.05 bits per heavy atom. The first-order valence-electron chi connectivity index (χ1n) is 12.6. The van der Waals surface area contributed by atoms with Crippen LogP contribution in [0.2, 0.25) is 0 Å². The van der Waals surface area contributed by atoms with Gasteiger partial charge in [0.2, 0.25) is 15.8 Å². The average Bonchev–Trinajstić information content (AvgIpc) is 2.89. The van der Waals surface area contributed by atoms with Gasteiger partial charge >= 0.3 is 0 Å². The van der Waals surface area contributed by atoms with Crippen molar-refractivity contribution < 1.29 is 35.5 Å². The monoisotopic (exact) mass is 566 g/mol. The van der Waals surface area contributed by atoms with E-state index in [0.29, 0.717) is 13.0 Å². The molecule has 2 saturated heterocycles. The maximum absolute atomic E-state index is 14.5. The first-order chi connectivity index (χ1) is 18.4. The van der Waals surface area contributed by atoms with Crippen molar-refractivity contribution in [3.63, 3.8) is 0 Å². The third-order valence-electron chi connectivity index (χ3n) is 7.94. The van der Waals surface area contributed by atoms with Crippen LogP contribution in [0.25, 0.3) is 11.1 Å². The van der Waals surface area contributed by atoms with Crippen LogP contribution in [0.15, 0.2) is 47.4 Å². The van der Waals surface area contributed by atoms with Crippen molar-refractivity contribution in [2.75, 3.05) is 19.6 Å². The van der Waals surface area contributed by atoms with Gasteiger partial charge in [-0.25, -0.2) is 30.4 Å². The summed E-state index contributed by atoms with van der Waals surface area (Å²) >= 11 is 0. The number of aryl methyl sites for hydroxylation is 1. The zero-order chi connectivity index (χ0) is 28.2. The summed E-state index contributed by atoms with van der Waals surface area (Å²) in [5.74, 6) is -12.4. The third kappa shape index (κ3) is 4.55. The summed E-state index contributed by atoms with van der Waals surface area (Å²) in [5.41, 5.74) is 5.05. The Labute approximate surface area is 223 Å². The molecule has 3 atom stereocenters. The van der Waals surface area contributed by atoms with Gasteiger partial charge in [0.15, 0.2) is 28.2 Å². The molecule has 1 N–H and O–H groups in total. The van der Waals surface area contributed by atoms with E-state index in [9.17, 15) is 35.5 Å². The molecule has 208 valence electrons. The minimum atomic E-state index is -5.09. The summed E-state index contributed by atoms with van der Waals surface area (Å²) in [5, 5.41) is 10.9. The highest BCUT2D eigenvalue weighted by atomic mass is 32.2. The summed E-state index contributed by atoms with van der Waals surface area (Å²) < 4.78 is 97.5. The molecular weight excluding hydrogens is 539 g/mol. The number of aliphatic hydroxyl groups is 1. The van der Waals surface area contributed by atoms with Gasteiger partial charge in [0.25, 0.3) is 0 Å². The molecule has 39 heavy (non-hydrogen) atoms. The number of fused-ring (bicyclic) bond motifs is 1. The van der Waals surface area contributed by atoms with E-state index in [-0.39, 0.29) is 19.5 Å². The summed E-state index contributed by atoms with van der Waals surface area (Å²) in [6, 6.07) is 13.0. The van der Waals surface area contributed by atoms with Crippen LogP contribution in [-0.4, -0.2) is 54.6 Å². The first-order valence-corrected chi connectivity index (χ1v) is 14.0. The lowest BCUT2D eigenvalue weighted by Gasteiger charge is -2.54. The molecule has 0 radical (unpaired) electrons. The topological polar surface area (TPSA) is 60.9 Å². The Bertz CT molecular complexity index is 1500. The van der Waals surface area contributed by atoms with E-state index in [4.69, 9.17) is 0 Å². The van der Waals surface area contributed by atoms with Crippen LogP contribution >= 0.6 is 0 Å². The summed E-state index contributed by atoms with van der Waals surface area (Å²) in [7, 11) is -5.09. The average molecular weight is 567 g/mol. The Morgan fingerprint density at radius 1 is 0.821 bits per heavy atom. The second-order valence-electron chi connectivity index (χ2n) is 10.1. The zero-order valence-corrected chi connectivity index (χ0v) is 22.1. The first kappa shape index (κ1) is 27.7. The van der Waals surface area contributed by atoms with E-state index in [0.717, 1.165) is 32.1 Å². The van der Waals surface area contributed by atoms with Gasteiger partial charge in [0.05, 0.1) is 0 Å². The molecule has 0 aliphatic carbocycles. The summed E-state index contributed by atoms with van der Waals surface area (Å²) in [4.78, 5) is -0.163. The predicted octanol–water partition coefficient (Wildman–Crippen LogP) is 5.24. The molecule has 0 saturated carbocycles. The minimum absolute atomic E-state index is 0.166. The lowest BCUT2D eigenvalue weighted by atomic mass is 9.79. The Balaban J connectivity index is 1.47. The van der Waals surface area contributed by atoms with Crippen molar-refractivity contribution in [1.82, 2.24) is 9.21 Å². The number of sulfonamides is 1. The van der Waals surface area contributed by atoms with Crippen molar-refractivity contribution in [2.24, 2.45) is 0 Å². The van der Waals surface area contributed by atoms with Crippen molar-refractivity contribution in [3.05, 3.63) is 88.2 Å². The van der Waals surface area contributed by atoms with Gasteiger partial charge in [-0.1, -0.05) is 42.5 Å². The molecule has 2 fully saturated rings. The predicted molar refractivity (Wildman–Crippen MR) is 135 cm³/mol. The molecular formula is C28H27F5N2O3S. The number of benzene rings is 3. The van der Waals surface area contributed by atoms with Gasteiger partial charge in [-0.2, -0.15) is 4.31 Å². The van der Waals surface area contributed by atoms with Gasteiger partial charge in [-0.05, 0) is 54.5 Å². The van der Waals surface area contributed by atoms with Crippen LogP contribution in [0.4, 0.5) is 22.0 Å². The maximum atomic E-state index is 14.5. The number of nitrogens with zero attached hydrogens (tertiary/aromatic N) is 2. The fourth-order valence-corrected chi connectivity index (χ4v) is 7.22. The summed E-state index contributed by atoms with van der Waals surface area (Å²) in [6.45, 7) is 4.07. The maximum Gasteiger partial charge on any atom is 0.249 e. The molecule has 0 aromatic heterocycles. The van der Waals surface area contributed by atoms with Gasteiger partial charge < -0.3 is 5.11 Å². The van der Waals surface area contributed by atoms with Crippen LogP contribution in [0.5, 0.6) is 0 Å². The van der Waals surface area contributed by atoms with Crippen LogP contribution in [-0.2, 0) is 10.0 Å². The standard InChI is InChI=1S/C28H27F5N2O3S/c1-15-6-5-7-19(16(15)2)17-8-10-18(11-9-17)21-20-14-34(12-3-4-13-35(20)28(21)36)39(37,38)27-25(32)23(30)22(29)24(31)26(27)33/h5-11,20-21,28,36H,3-4,12-14H2,1-2H3/t20-,21-,28+/m0/s1. The largest absolute Gasteiger partial charge is 0.378 e. The van der Waals surface area contributed by atoms with Crippen LogP contribution < -0.4 is 0 Å². The number of rotatable bonds is 4. The molecule has 3 aromatic carbocycles. The van der Waals surface area contributed by atoms with Crippen molar-refractivity contribution in [2.45, 2.75) is 49.8 Å². The van der Waals surface area contributed by atoms with Crippen molar-refractivity contribution >= 4 is 10.0 Å². The van der Waals surface area contributed by atoms with E-state index in [2.05, 4.69) is 0 Å². The van der Waals surface area contributed by atoms with Gasteiger partial charge in [-0.3, -0.25) is 4.90 Å². The molecule has 2 heterocycles.